The van der Waals surface area contributed by atoms with Gasteiger partial charge < -0.3 is 9.80 Å². The van der Waals surface area contributed by atoms with Gasteiger partial charge in [0.15, 0.2) is 0 Å². The molecule has 3 heterocycles. The Morgan fingerprint density at radius 3 is 2.56 bits per heavy atom. The zero-order valence-corrected chi connectivity index (χ0v) is 17.4. The van der Waals surface area contributed by atoms with E-state index in [1.165, 1.54) is 17.0 Å². The minimum absolute atomic E-state index is 0.419. The summed E-state index contributed by atoms with van der Waals surface area (Å²) in [6, 6.07) is 6.00. The molecule has 0 N–H and O–H groups in total. The molecule has 1 fully saturated rings. The number of benzene rings is 1. The summed E-state index contributed by atoms with van der Waals surface area (Å²) in [5.74, 6) is 1.37. The van der Waals surface area contributed by atoms with Crippen molar-refractivity contribution < 1.29 is 0 Å². The number of guanidine groups is 1. The summed E-state index contributed by atoms with van der Waals surface area (Å²) in [5, 5.41) is 7.91. The van der Waals surface area contributed by atoms with Gasteiger partial charge in [0.25, 0.3) is 0 Å². The first-order chi connectivity index (χ1) is 13.0. The Morgan fingerprint density at radius 1 is 1.15 bits per heavy atom. The van der Waals surface area contributed by atoms with Gasteiger partial charge in [0.1, 0.15) is 0 Å². The molecule has 6 heteroatoms. The third-order valence-electron chi connectivity index (χ3n) is 5.67. The largest absolute Gasteiger partial charge is 0.338 e. The van der Waals surface area contributed by atoms with Gasteiger partial charge in [-0.1, -0.05) is 32.4 Å². The molecule has 0 unspecified atom stereocenters. The molecule has 0 atom stereocenters. The van der Waals surface area contributed by atoms with Crippen molar-refractivity contribution in [3.8, 4) is 0 Å². The van der Waals surface area contributed by atoms with E-state index in [0.717, 1.165) is 61.3 Å². The smallest absolute Gasteiger partial charge is 0.227 e. The Balaban J connectivity index is 1.86. The van der Waals surface area contributed by atoms with Crippen LogP contribution in [0.2, 0.25) is 5.02 Å². The van der Waals surface area contributed by atoms with E-state index in [-0.39, 0.29) is 0 Å². The summed E-state index contributed by atoms with van der Waals surface area (Å²) < 4.78 is 0. The fourth-order valence-electron chi connectivity index (χ4n) is 3.89. The average Bonchev–Trinajstić information content (AvgIpc) is 2.67. The van der Waals surface area contributed by atoms with Crippen molar-refractivity contribution in [3.63, 3.8) is 0 Å². The Labute approximate surface area is 167 Å². The second kappa shape index (κ2) is 7.28. The number of piperazine rings is 1. The van der Waals surface area contributed by atoms with Gasteiger partial charge in [-0.15, -0.1) is 0 Å². The van der Waals surface area contributed by atoms with Crippen molar-refractivity contribution in [2.75, 3.05) is 33.2 Å². The van der Waals surface area contributed by atoms with Crippen LogP contribution in [0.1, 0.15) is 39.2 Å². The van der Waals surface area contributed by atoms with E-state index >= 15 is 0 Å². The van der Waals surface area contributed by atoms with Crippen LogP contribution in [0.3, 0.4) is 0 Å². The Bertz CT molecular complexity index is 831. The first-order valence-corrected chi connectivity index (χ1v) is 10.3. The van der Waals surface area contributed by atoms with Gasteiger partial charge >= 0.3 is 0 Å². The lowest BCUT2D eigenvalue weighted by Gasteiger charge is -2.42. The molecule has 0 bridgehead atoms. The van der Waals surface area contributed by atoms with Crippen LogP contribution in [-0.4, -0.2) is 59.7 Å². The Morgan fingerprint density at radius 2 is 1.89 bits per heavy atom. The third kappa shape index (κ3) is 3.39. The molecule has 0 amide bonds. The van der Waals surface area contributed by atoms with Crippen molar-refractivity contribution >= 4 is 34.7 Å². The minimum Gasteiger partial charge on any atom is -0.338 e. The molecule has 0 radical (unpaired) electrons. The van der Waals surface area contributed by atoms with Crippen molar-refractivity contribution in [1.82, 2.24) is 14.8 Å². The Kier molecular flexibility index (Phi) is 4.99. The summed E-state index contributed by atoms with van der Waals surface area (Å²) in [5.41, 5.74) is 5.92. The van der Waals surface area contributed by atoms with Crippen molar-refractivity contribution in [2.24, 2.45) is 16.0 Å². The van der Waals surface area contributed by atoms with Crippen molar-refractivity contribution in [3.05, 3.63) is 34.4 Å². The van der Waals surface area contributed by atoms with E-state index in [1.54, 1.807) is 0 Å². The number of nitrogens with zero attached hydrogens (tertiary/aromatic N) is 5. The molecule has 0 aromatic heterocycles. The minimum atomic E-state index is 0.419. The first-order valence-electron chi connectivity index (χ1n) is 9.89. The standard InChI is InChI=1S/C21H28ClN5/c1-5-15-12-19(14(2)3)24-27-20(15)17-13-16(22)6-7-18(17)23-21(27)26-10-8-25(4)9-11-26/h6-7,13-14H,5,8-12H2,1-4H3. The quantitative estimate of drug-likeness (QED) is 0.755. The number of likely N-dealkylation sites (N-methyl/N-ethyl adjacent to an activating group) is 1. The fourth-order valence-corrected chi connectivity index (χ4v) is 4.06. The highest BCUT2D eigenvalue weighted by atomic mass is 35.5. The van der Waals surface area contributed by atoms with E-state index in [2.05, 4.69) is 42.6 Å². The van der Waals surface area contributed by atoms with Crippen LogP contribution in [0.15, 0.2) is 33.9 Å². The number of aliphatic imine (C=N–C) groups is 1. The SMILES string of the molecule is CCC1=C2c3cc(Cl)ccc3N=C(N3CCN(C)CC3)N2N=C(C(C)C)C1. The summed E-state index contributed by atoms with van der Waals surface area (Å²) >= 11 is 6.34. The lowest BCUT2D eigenvalue weighted by molar-refractivity contribution is 0.203. The van der Waals surface area contributed by atoms with Crippen molar-refractivity contribution in [1.29, 1.82) is 0 Å². The van der Waals surface area contributed by atoms with E-state index in [4.69, 9.17) is 21.7 Å². The topological polar surface area (TPSA) is 34.4 Å². The number of fused-ring (bicyclic) bond motifs is 3. The molecule has 0 saturated carbocycles. The number of hydrogen-bond donors (Lipinski definition) is 0. The summed E-state index contributed by atoms with van der Waals surface area (Å²) in [7, 11) is 2.17. The van der Waals surface area contributed by atoms with Crippen LogP contribution in [0, 0.1) is 5.92 Å². The lowest BCUT2D eigenvalue weighted by atomic mass is 9.92. The number of hydrogen-bond acceptors (Lipinski definition) is 5. The van der Waals surface area contributed by atoms with Crippen LogP contribution >= 0.6 is 11.6 Å². The van der Waals surface area contributed by atoms with Crippen LogP contribution in [-0.2, 0) is 0 Å². The summed E-state index contributed by atoms with van der Waals surface area (Å²) in [6.07, 6.45) is 1.93. The molecule has 3 aliphatic heterocycles. The van der Waals surface area contributed by atoms with Gasteiger partial charge in [0.05, 0.1) is 11.4 Å². The predicted octanol–water partition coefficient (Wildman–Crippen LogP) is 4.43. The maximum absolute atomic E-state index is 6.34. The van der Waals surface area contributed by atoms with Gasteiger partial charge in [-0.05, 0) is 43.2 Å². The van der Waals surface area contributed by atoms with Crippen LogP contribution in [0.25, 0.3) is 5.70 Å². The van der Waals surface area contributed by atoms with Crippen LogP contribution in [0.5, 0.6) is 0 Å². The number of hydrazone groups is 1. The second-order valence-electron chi connectivity index (χ2n) is 7.90. The zero-order chi connectivity index (χ0) is 19.1. The maximum atomic E-state index is 6.34. The molecule has 27 heavy (non-hydrogen) atoms. The number of rotatable bonds is 2. The summed E-state index contributed by atoms with van der Waals surface area (Å²) in [6.45, 7) is 10.7. The molecule has 1 aromatic rings. The molecule has 1 saturated heterocycles. The highest BCUT2D eigenvalue weighted by molar-refractivity contribution is 6.31. The molecule has 0 aliphatic carbocycles. The molecule has 144 valence electrons. The number of halogens is 1. The van der Waals surface area contributed by atoms with Crippen molar-refractivity contribution in [2.45, 2.75) is 33.6 Å². The fraction of sp³-hybridized carbons (Fsp3) is 0.524. The van der Waals surface area contributed by atoms with Crippen LogP contribution in [0.4, 0.5) is 5.69 Å². The highest BCUT2D eigenvalue weighted by Gasteiger charge is 2.35. The molecule has 3 aliphatic rings. The van der Waals surface area contributed by atoms with Gasteiger partial charge in [0.2, 0.25) is 5.96 Å². The third-order valence-corrected chi connectivity index (χ3v) is 5.91. The number of allylic oxidation sites excluding steroid dienone is 1. The van der Waals surface area contributed by atoms with Gasteiger partial charge in [-0.3, -0.25) is 0 Å². The van der Waals surface area contributed by atoms with E-state index < -0.39 is 0 Å². The van der Waals surface area contributed by atoms with E-state index in [9.17, 15) is 0 Å². The Hall–Kier alpha value is -1.85. The first kappa shape index (κ1) is 18.5. The maximum Gasteiger partial charge on any atom is 0.227 e. The average molecular weight is 386 g/mol. The normalized spacial score (nSPS) is 20.5. The molecule has 1 aromatic carbocycles. The molecular weight excluding hydrogens is 358 g/mol. The van der Waals surface area contributed by atoms with Gasteiger partial charge in [-0.25, -0.2) is 4.99 Å². The molecular formula is C21H28ClN5. The van der Waals surface area contributed by atoms with E-state index in [0.29, 0.717) is 5.92 Å². The summed E-state index contributed by atoms with van der Waals surface area (Å²) in [4.78, 5) is 9.77. The zero-order valence-electron chi connectivity index (χ0n) is 16.7. The predicted molar refractivity (Wildman–Crippen MR) is 114 cm³/mol. The molecule has 4 rings (SSSR count). The monoisotopic (exact) mass is 385 g/mol. The van der Waals surface area contributed by atoms with Crippen LogP contribution < -0.4 is 0 Å². The van der Waals surface area contributed by atoms with Gasteiger partial charge in [0, 0.05) is 48.9 Å². The highest BCUT2D eigenvalue weighted by Crippen LogP contribution is 2.42. The molecule has 5 nitrogen and oxygen atoms in total. The second-order valence-corrected chi connectivity index (χ2v) is 8.34. The lowest BCUT2D eigenvalue weighted by Crippen LogP contribution is -2.52. The molecule has 0 spiro atoms. The van der Waals surface area contributed by atoms with E-state index in [1.807, 2.05) is 18.2 Å². The van der Waals surface area contributed by atoms with Gasteiger partial charge in [-0.2, -0.15) is 10.1 Å².